The van der Waals surface area contributed by atoms with Gasteiger partial charge in [-0.3, -0.25) is 0 Å². The van der Waals surface area contributed by atoms with Crippen molar-refractivity contribution in [3.63, 3.8) is 0 Å². The van der Waals surface area contributed by atoms with Gasteiger partial charge in [0.2, 0.25) is 10.0 Å². The van der Waals surface area contributed by atoms with Crippen molar-refractivity contribution in [3.05, 3.63) is 0 Å². The molecule has 4 nitrogen and oxygen atoms in total. The van der Waals surface area contributed by atoms with Gasteiger partial charge in [-0.25, -0.2) is 12.7 Å². The van der Waals surface area contributed by atoms with Crippen LogP contribution in [0.5, 0.6) is 0 Å². The van der Waals surface area contributed by atoms with Gasteiger partial charge in [-0.2, -0.15) is 13.2 Å². The average molecular weight is 302 g/mol. The van der Waals surface area contributed by atoms with Gasteiger partial charge >= 0.3 is 6.18 Å². The summed E-state index contributed by atoms with van der Waals surface area (Å²) < 4.78 is 62.5. The summed E-state index contributed by atoms with van der Waals surface area (Å²) in [6.07, 6.45) is -1.99. The Labute approximate surface area is 112 Å². The van der Waals surface area contributed by atoms with E-state index in [1.54, 1.807) is 6.92 Å². The van der Waals surface area contributed by atoms with Crippen LogP contribution in [0, 0.1) is 5.92 Å². The average Bonchev–Trinajstić information content (AvgIpc) is 2.26. The summed E-state index contributed by atoms with van der Waals surface area (Å²) in [5, 5.41) is 2.43. The third-order valence-corrected chi connectivity index (χ3v) is 4.64. The SMILES string of the molecule is CCNC(CC1CCCN(S(C)(=O)=O)C1)C(F)(F)F. The molecule has 1 rings (SSSR count). The van der Waals surface area contributed by atoms with Gasteiger partial charge in [-0.05, 0) is 31.7 Å². The van der Waals surface area contributed by atoms with Gasteiger partial charge in [0.15, 0.2) is 0 Å². The highest BCUT2D eigenvalue weighted by Gasteiger charge is 2.41. The molecule has 0 aromatic rings. The molecule has 1 aliphatic rings. The molecular weight excluding hydrogens is 281 g/mol. The fourth-order valence-electron chi connectivity index (χ4n) is 2.43. The fourth-order valence-corrected chi connectivity index (χ4v) is 3.38. The van der Waals surface area contributed by atoms with E-state index >= 15 is 0 Å². The third-order valence-electron chi connectivity index (χ3n) is 3.37. The first-order valence-electron chi connectivity index (χ1n) is 6.39. The molecule has 0 radical (unpaired) electrons. The normalized spacial score (nSPS) is 24.4. The monoisotopic (exact) mass is 302 g/mol. The Morgan fingerprint density at radius 1 is 1.42 bits per heavy atom. The predicted molar refractivity (Wildman–Crippen MR) is 67.3 cm³/mol. The minimum Gasteiger partial charge on any atom is -0.306 e. The van der Waals surface area contributed by atoms with Crippen LogP contribution in [0.15, 0.2) is 0 Å². The highest BCUT2D eigenvalue weighted by Crippen LogP contribution is 2.29. The number of piperidine rings is 1. The molecule has 0 aromatic heterocycles. The summed E-state index contributed by atoms with van der Waals surface area (Å²) in [6, 6.07) is -1.55. The Hall–Kier alpha value is -0.340. The summed E-state index contributed by atoms with van der Waals surface area (Å²) >= 11 is 0. The van der Waals surface area contributed by atoms with E-state index in [0.29, 0.717) is 19.4 Å². The number of halogens is 3. The van der Waals surface area contributed by atoms with Crippen molar-refractivity contribution >= 4 is 10.0 Å². The van der Waals surface area contributed by atoms with Crippen molar-refractivity contribution in [2.45, 2.75) is 38.4 Å². The second kappa shape index (κ2) is 6.41. The molecule has 1 N–H and O–H groups in total. The summed E-state index contributed by atoms with van der Waals surface area (Å²) in [4.78, 5) is 0. The number of nitrogens with one attached hydrogen (secondary N) is 1. The number of hydrogen-bond acceptors (Lipinski definition) is 3. The minimum absolute atomic E-state index is 0.0661. The summed E-state index contributed by atoms with van der Waals surface area (Å²) in [6.45, 7) is 2.47. The van der Waals surface area contributed by atoms with Gasteiger partial charge in [0.1, 0.15) is 6.04 Å². The summed E-state index contributed by atoms with van der Waals surface area (Å²) in [5.74, 6) is -0.242. The van der Waals surface area contributed by atoms with Crippen LogP contribution in [-0.4, -0.2) is 50.8 Å². The molecule has 1 saturated heterocycles. The van der Waals surface area contributed by atoms with E-state index in [9.17, 15) is 21.6 Å². The first-order valence-corrected chi connectivity index (χ1v) is 8.24. The van der Waals surface area contributed by atoms with Crippen molar-refractivity contribution < 1.29 is 21.6 Å². The molecule has 0 aromatic carbocycles. The smallest absolute Gasteiger partial charge is 0.306 e. The van der Waals surface area contributed by atoms with E-state index in [1.165, 1.54) is 4.31 Å². The van der Waals surface area contributed by atoms with Crippen molar-refractivity contribution in [1.29, 1.82) is 0 Å². The fraction of sp³-hybridized carbons (Fsp3) is 1.00. The molecule has 0 saturated carbocycles. The molecule has 1 fully saturated rings. The van der Waals surface area contributed by atoms with E-state index < -0.39 is 22.2 Å². The molecule has 2 unspecified atom stereocenters. The van der Waals surface area contributed by atoms with Crippen LogP contribution < -0.4 is 5.32 Å². The molecule has 114 valence electrons. The quantitative estimate of drug-likeness (QED) is 0.839. The van der Waals surface area contributed by atoms with Gasteiger partial charge in [-0.1, -0.05) is 6.92 Å². The van der Waals surface area contributed by atoms with Crippen molar-refractivity contribution in [1.82, 2.24) is 9.62 Å². The lowest BCUT2D eigenvalue weighted by atomic mass is 9.92. The Morgan fingerprint density at radius 3 is 2.53 bits per heavy atom. The molecule has 2 atom stereocenters. The Kier molecular flexibility index (Phi) is 5.64. The van der Waals surface area contributed by atoms with Gasteiger partial charge in [0.25, 0.3) is 0 Å². The molecule has 1 heterocycles. The second-order valence-electron chi connectivity index (χ2n) is 5.02. The predicted octanol–water partition coefficient (Wildman–Crippen LogP) is 1.59. The first kappa shape index (κ1) is 16.7. The van der Waals surface area contributed by atoms with Gasteiger partial charge in [-0.15, -0.1) is 0 Å². The Balaban J connectivity index is 2.64. The zero-order valence-corrected chi connectivity index (χ0v) is 12.0. The number of sulfonamides is 1. The maximum atomic E-state index is 12.8. The van der Waals surface area contributed by atoms with E-state index in [-0.39, 0.29) is 25.4 Å². The molecule has 0 aliphatic carbocycles. The third kappa shape index (κ3) is 5.27. The summed E-state index contributed by atoms with van der Waals surface area (Å²) in [5.41, 5.74) is 0. The van der Waals surface area contributed by atoms with E-state index in [1.807, 2.05) is 0 Å². The molecule has 8 heteroatoms. The second-order valence-corrected chi connectivity index (χ2v) is 7.00. The van der Waals surface area contributed by atoms with Crippen molar-refractivity contribution in [2.75, 3.05) is 25.9 Å². The zero-order chi connectivity index (χ0) is 14.7. The van der Waals surface area contributed by atoms with Crippen LogP contribution in [0.2, 0.25) is 0 Å². The topological polar surface area (TPSA) is 49.4 Å². The highest BCUT2D eigenvalue weighted by atomic mass is 32.2. The molecule has 0 bridgehead atoms. The van der Waals surface area contributed by atoms with Crippen LogP contribution in [-0.2, 0) is 10.0 Å². The van der Waals surface area contributed by atoms with Crippen LogP contribution in [0.3, 0.4) is 0 Å². The standard InChI is InChI=1S/C11H21F3N2O2S/c1-3-15-10(11(12,13)14)7-9-5-4-6-16(8-9)19(2,17)18/h9-10,15H,3-8H2,1-2H3. The van der Waals surface area contributed by atoms with Crippen LogP contribution in [0.25, 0.3) is 0 Å². The van der Waals surface area contributed by atoms with Gasteiger partial charge < -0.3 is 5.32 Å². The maximum absolute atomic E-state index is 12.8. The van der Waals surface area contributed by atoms with Crippen LogP contribution in [0.4, 0.5) is 13.2 Å². The lowest BCUT2D eigenvalue weighted by Gasteiger charge is -2.33. The van der Waals surface area contributed by atoms with E-state index in [2.05, 4.69) is 5.32 Å². The molecule has 19 heavy (non-hydrogen) atoms. The van der Waals surface area contributed by atoms with Gasteiger partial charge in [0.05, 0.1) is 6.26 Å². The molecule has 0 spiro atoms. The molecular formula is C11H21F3N2O2S. The number of rotatable bonds is 5. The van der Waals surface area contributed by atoms with Crippen molar-refractivity contribution in [2.24, 2.45) is 5.92 Å². The van der Waals surface area contributed by atoms with E-state index in [4.69, 9.17) is 0 Å². The zero-order valence-electron chi connectivity index (χ0n) is 11.2. The Morgan fingerprint density at radius 2 is 2.05 bits per heavy atom. The van der Waals surface area contributed by atoms with E-state index in [0.717, 1.165) is 6.26 Å². The maximum Gasteiger partial charge on any atom is 0.403 e. The largest absolute Gasteiger partial charge is 0.403 e. The van der Waals surface area contributed by atoms with Crippen molar-refractivity contribution in [3.8, 4) is 0 Å². The first-order chi connectivity index (χ1) is 8.64. The Bertz CT molecular complexity index is 384. The number of hydrogen-bond donors (Lipinski definition) is 1. The highest BCUT2D eigenvalue weighted by molar-refractivity contribution is 7.88. The number of alkyl halides is 3. The lowest BCUT2D eigenvalue weighted by molar-refractivity contribution is -0.160. The van der Waals surface area contributed by atoms with Gasteiger partial charge in [0, 0.05) is 13.1 Å². The molecule has 1 aliphatic heterocycles. The lowest BCUT2D eigenvalue weighted by Crippen LogP contribution is -2.46. The minimum atomic E-state index is -4.29. The number of nitrogens with zero attached hydrogens (tertiary/aromatic N) is 1. The van der Waals surface area contributed by atoms with Crippen LogP contribution >= 0.6 is 0 Å². The van der Waals surface area contributed by atoms with Crippen LogP contribution in [0.1, 0.15) is 26.2 Å². The summed E-state index contributed by atoms with van der Waals surface area (Å²) in [7, 11) is -3.31. The molecule has 0 amide bonds.